The Morgan fingerprint density at radius 2 is 1.94 bits per heavy atom. The fraction of sp³-hybridized carbons (Fsp3) is 0.600. The third-order valence-corrected chi connectivity index (χ3v) is 5.53. The predicted molar refractivity (Wildman–Crippen MR) is 76.1 cm³/mol. The van der Waals surface area contributed by atoms with Crippen molar-refractivity contribution >= 4 is 11.8 Å². The molecule has 0 amide bonds. The quantitative estimate of drug-likeness (QED) is 0.907. The molecular formula is C15H21NOS. The van der Waals surface area contributed by atoms with E-state index in [-0.39, 0.29) is 5.41 Å². The Balaban J connectivity index is 1.89. The first-order valence-corrected chi connectivity index (χ1v) is 7.76. The van der Waals surface area contributed by atoms with Gasteiger partial charge >= 0.3 is 0 Å². The van der Waals surface area contributed by atoms with Crippen molar-refractivity contribution < 1.29 is 4.74 Å². The molecule has 0 spiro atoms. The molecule has 3 heteroatoms. The lowest BCUT2D eigenvalue weighted by atomic mass is 9.79. The molecule has 0 radical (unpaired) electrons. The van der Waals surface area contributed by atoms with Gasteiger partial charge in [0.15, 0.2) is 0 Å². The number of thioether (sulfide) groups is 1. The van der Waals surface area contributed by atoms with E-state index in [9.17, 15) is 0 Å². The van der Waals surface area contributed by atoms with Crippen LogP contribution >= 0.6 is 11.8 Å². The fourth-order valence-electron chi connectivity index (χ4n) is 3.10. The molecule has 0 bridgehead atoms. The van der Waals surface area contributed by atoms with E-state index in [1.807, 2.05) is 11.8 Å². The Hall–Kier alpha value is -0.510. The van der Waals surface area contributed by atoms with Gasteiger partial charge in [0.2, 0.25) is 0 Å². The average Bonchev–Trinajstić information content (AvgIpc) is 2.84. The molecule has 0 aromatic heterocycles. The maximum Gasteiger partial charge on any atom is 0.0611 e. The van der Waals surface area contributed by atoms with Gasteiger partial charge in [-0.05, 0) is 24.5 Å². The summed E-state index contributed by atoms with van der Waals surface area (Å²) in [5.74, 6) is 0. The summed E-state index contributed by atoms with van der Waals surface area (Å²) in [5, 5.41) is 0.641. The van der Waals surface area contributed by atoms with E-state index in [1.165, 1.54) is 36.1 Å². The van der Waals surface area contributed by atoms with E-state index >= 15 is 0 Å². The highest BCUT2D eigenvalue weighted by Gasteiger charge is 2.36. The van der Waals surface area contributed by atoms with Gasteiger partial charge in [0.25, 0.3) is 0 Å². The van der Waals surface area contributed by atoms with E-state index in [1.54, 1.807) is 0 Å². The predicted octanol–water partition coefficient (Wildman–Crippen LogP) is 2.95. The van der Waals surface area contributed by atoms with Crippen molar-refractivity contribution in [3.05, 3.63) is 29.8 Å². The number of ether oxygens (including phenoxy) is 1. The van der Waals surface area contributed by atoms with Gasteiger partial charge in [-0.1, -0.05) is 31.0 Å². The van der Waals surface area contributed by atoms with Crippen LogP contribution in [0.25, 0.3) is 0 Å². The summed E-state index contributed by atoms with van der Waals surface area (Å²) in [6.45, 7) is 2.58. The van der Waals surface area contributed by atoms with Crippen LogP contribution in [0, 0.1) is 0 Å². The summed E-state index contributed by atoms with van der Waals surface area (Å²) in [6.07, 6.45) is 5.15. The molecule has 1 aromatic carbocycles. The standard InChI is InChI=1S/C15H21NOS/c16-11-15(7-3-4-8-15)13-5-1-2-6-14(13)18-12-9-17-10-12/h1-2,5-6,12H,3-4,7-11,16H2. The van der Waals surface area contributed by atoms with Crippen LogP contribution in [0.15, 0.2) is 29.2 Å². The van der Waals surface area contributed by atoms with Crippen LogP contribution in [0.1, 0.15) is 31.2 Å². The van der Waals surface area contributed by atoms with Crippen LogP contribution in [-0.4, -0.2) is 25.0 Å². The minimum absolute atomic E-state index is 0.244. The summed E-state index contributed by atoms with van der Waals surface area (Å²) >= 11 is 1.98. The Morgan fingerprint density at radius 1 is 1.22 bits per heavy atom. The highest BCUT2D eigenvalue weighted by molar-refractivity contribution is 8.00. The normalized spacial score (nSPS) is 22.9. The number of benzene rings is 1. The van der Waals surface area contributed by atoms with Crippen molar-refractivity contribution in [3.63, 3.8) is 0 Å². The molecule has 0 atom stereocenters. The van der Waals surface area contributed by atoms with Crippen LogP contribution < -0.4 is 5.73 Å². The molecule has 3 rings (SSSR count). The van der Waals surface area contributed by atoms with Gasteiger partial charge in [-0.2, -0.15) is 0 Å². The number of rotatable bonds is 4. The average molecular weight is 263 g/mol. The maximum atomic E-state index is 6.11. The second kappa shape index (κ2) is 5.24. The largest absolute Gasteiger partial charge is 0.379 e. The molecule has 1 aromatic rings. The second-order valence-electron chi connectivity index (χ2n) is 5.47. The minimum atomic E-state index is 0.244. The third-order valence-electron chi connectivity index (χ3n) is 4.31. The second-order valence-corrected chi connectivity index (χ2v) is 6.81. The monoisotopic (exact) mass is 263 g/mol. The summed E-state index contributed by atoms with van der Waals surface area (Å²) in [6, 6.07) is 8.85. The number of hydrogen-bond donors (Lipinski definition) is 1. The zero-order valence-electron chi connectivity index (χ0n) is 10.7. The van der Waals surface area contributed by atoms with Gasteiger partial charge in [-0.3, -0.25) is 0 Å². The van der Waals surface area contributed by atoms with Crippen LogP contribution in [0.4, 0.5) is 0 Å². The van der Waals surface area contributed by atoms with Crippen molar-refractivity contribution in [2.24, 2.45) is 5.73 Å². The summed E-state index contributed by atoms with van der Waals surface area (Å²) in [7, 11) is 0. The van der Waals surface area contributed by atoms with E-state index < -0.39 is 0 Å². The molecule has 98 valence electrons. The number of nitrogens with two attached hydrogens (primary N) is 1. The Bertz CT molecular complexity index is 411. The topological polar surface area (TPSA) is 35.2 Å². The fourth-order valence-corrected chi connectivity index (χ4v) is 4.36. The van der Waals surface area contributed by atoms with Crippen molar-refractivity contribution in [1.82, 2.24) is 0 Å². The van der Waals surface area contributed by atoms with E-state index in [0.29, 0.717) is 5.25 Å². The smallest absolute Gasteiger partial charge is 0.0611 e. The zero-order valence-corrected chi connectivity index (χ0v) is 11.5. The molecule has 2 aliphatic rings. The Kier molecular flexibility index (Phi) is 3.64. The summed E-state index contributed by atoms with van der Waals surface area (Å²) in [5.41, 5.74) is 7.85. The number of hydrogen-bond acceptors (Lipinski definition) is 3. The first-order valence-electron chi connectivity index (χ1n) is 6.88. The van der Waals surface area contributed by atoms with Crippen LogP contribution in [0.5, 0.6) is 0 Å². The van der Waals surface area contributed by atoms with E-state index in [0.717, 1.165) is 19.8 Å². The van der Waals surface area contributed by atoms with Crippen molar-refractivity contribution in [1.29, 1.82) is 0 Å². The highest BCUT2D eigenvalue weighted by atomic mass is 32.2. The molecule has 2 nitrogen and oxygen atoms in total. The lowest BCUT2D eigenvalue weighted by molar-refractivity contribution is 0.0455. The Morgan fingerprint density at radius 3 is 2.56 bits per heavy atom. The van der Waals surface area contributed by atoms with Crippen molar-refractivity contribution in [3.8, 4) is 0 Å². The molecular weight excluding hydrogens is 242 g/mol. The van der Waals surface area contributed by atoms with Crippen molar-refractivity contribution in [2.45, 2.75) is 41.2 Å². The molecule has 1 heterocycles. The molecule has 2 N–H and O–H groups in total. The van der Waals surface area contributed by atoms with E-state index in [2.05, 4.69) is 24.3 Å². The summed E-state index contributed by atoms with van der Waals surface area (Å²) in [4.78, 5) is 1.43. The third kappa shape index (κ3) is 2.20. The van der Waals surface area contributed by atoms with Gasteiger partial charge in [-0.25, -0.2) is 0 Å². The molecule has 1 aliphatic carbocycles. The first-order chi connectivity index (χ1) is 8.84. The Labute approximate surface area is 113 Å². The van der Waals surface area contributed by atoms with Gasteiger partial charge in [0.05, 0.1) is 18.5 Å². The van der Waals surface area contributed by atoms with Gasteiger partial charge in [0.1, 0.15) is 0 Å². The van der Waals surface area contributed by atoms with Gasteiger partial charge in [0, 0.05) is 16.9 Å². The molecule has 0 unspecified atom stereocenters. The first kappa shape index (κ1) is 12.5. The highest BCUT2D eigenvalue weighted by Crippen LogP contribution is 2.45. The lowest BCUT2D eigenvalue weighted by Crippen LogP contribution is -2.34. The van der Waals surface area contributed by atoms with Crippen LogP contribution in [0.2, 0.25) is 0 Å². The zero-order chi connectivity index (χ0) is 12.4. The van der Waals surface area contributed by atoms with Crippen LogP contribution in [-0.2, 0) is 10.2 Å². The SMILES string of the molecule is NCC1(c2ccccc2SC2COC2)CCCC1. The van der Waals surface area contributed by atoms with E-state index in [4.69, 9.17) is 10.5 Å². The molecule has 2 fully saturated rings. The van der Waals surface area contributed by atoms with Crippen LogP contribution in [0.3, 0.4) is 0 Å². The maximum absolute atomic E-state index is 6.11. The van der Waals surface area contributed by atoms with Gasteiger partial charge in [-0.15, -0.1) is 11.8 Å². The molecule has 1 aliphatic heterocycles. The molecule has 1 saturated carbocycles. The van der Waals surface area contributed by atoms with Crippen molar-refractivity contribution in [2.75, 3.05) is 19.8 Å². The molecule has 18 heavy (non-hydrogen) atoms. The lowest BCUT2D eigenvalue weighted by Gasteiger charge is -2.32. The minimum Gasteiger partial charge on any atom is -0.379 e. The molecule has 1 saturated heterocycles. The summed E-state index contributed by atoms with van der Waals surface area (Å²) < 4.78 is 5.28. The van der Waals surface area contributed by atoms with Gasteiger partial charge < -0.3 is 10.5 Å².